The van der Waals surface area contributed by atoms with Gasteiger partial charge in [-0.1, -0.05) is 53.1 Å². The van der Waals surface area contributed by atoms with Crippen LogP contribution in [0.15, 0.2) is 53.1 Å². The molecule has 1 heteroatoms. The van der Waals surface area contributed by atoms with Gasteiger partial charge in [-0.15, -0.1) is 0 Å². The molecule has 0 saturated carbocycles. The minimum atomic E-state index is 0.729. The van der Waals surface area contributed by atoms with Crippen LogP contribution in [-0.2, 0) is 0 Å². The van der Waals surface area contributed by atoms with Crippen molar-refractivity contribution in [2.75, 3.05) is 0 Å². The average Bonchev–Trinajstić information content (AvgIpc) is 2.58. The Balaban J connectivity index is 0.000000160. The third kappa shape index (κ3) is 3.85. The van der Waals surface area contributed by atoms with Gasteiger partial charge in [0.15, 0.2) is 0 Å². The molecule has 0 fully saturated rings. The highest BCUT2D eigenvalue weighted by molar-refractivity contribution is 5.74. The van der Waals surface area contributed by atoms with Gasteiger partial charge in [0, 0.05) is 5.56 Å². The second-order valence-corrected chi connectivity index (χ2v) is 4.16. The molecule has 1 aromatic rings. The summed E-state index contributed by atoms with van der Waals surface area (Å²) >= 11 is 0. The number of allylic oxidation sites excluding steroid dienone is 4. The Morgan fingerprint density at radius 2 is 1.69 bits per heavy atom. The van der Waals surface area contributed by atoms with E-state index in [2.05, 4.69) is 26.8 Å². The van der Waals surface area contributed by atoms with Crippen molar-refractivity contribution < 1.29 is 4.79 Å². The first-order chi connectivity index (χ1) is 7.63. The van der Waals surface area contributed by atoms with Crippen LogP contribution in [-0.4, -0.2) is 6.29 Å². The zero-order valence-corrected chi connectivity index (χ0v) is 10.2. The lowest BCUT2D eigenvalue weighted by Crippen LogP contribution is -1.73. The van der Waals surface area contributed by atoms with E-state index in [-0.39, 0.29) is 0 Å². The van der Waals surface area contributed by atoms with Gasteiger partial charge in [-0.3, -0.25) is 4.79 Å². The molecule has 1 nitrogen and oxygen atoms in total. The molecule has 0 amide bonds. The first-order valence-corrected chi connectivity index (χ1v) is 5.47. The van der Waals surface area contributed by atoms with E-state index in [1.165, 1.54) is 23.1 Å². The van der Waals surface area contributed by atoms with E-state index in [9.17, 15) is 4.79 Å². The van der Waals surface area contributed by atoms with Gasteiger partial charge in [0.05, 0.1) is 0 Å². The molecule has 84 valence electrons. The fraction of sp³-hybridized carbons (Fsp3) is 0.267. The minimum absolute atomic E-state index is 0.729. The van der Waals surface area contributed by atoms with Crippen molar-refractivity contribution >= 4 is 6.29 Å². The molecule has 0 unspecified atom stereocenters. The molecule has 0 saturated heterocycles. The molecule has 2 rings (SSSR count). The summed E-state index contributed by atoms with van der Waals surface area (Å²) in [5.74, 6) is 0. The smallest absolute Gasteiger partial charge is 0.150 e. The molecule has 0 aliphatic heterocycles. The minimum Gasteiger partial charge on any atom is -0.298 e. The third-order valence-electron chi connectivity index (χ3n) is 2.62. The van der Waals surface area contributed by atoms with Crippen molar-refractivity contribution in [2.45, 2.75) is 27.2 Å². The molecule has 0 bridgehead atoms. The number of hydrogen-bond donors (Lipinski definition) is 0. The van der Waals surface area contributed by atoms with Crippen LogP contribution in [0.5, 0.6) is 0 Å². The second kappa shape index (κ2) is 6.06. The van der Waals surface area contributed by atoms with Crippen LogP contribution < -0.4 is 0 Å². The van der Waals surface area contributed by atoms with Gasteiger partial charge in [-0.25, -0.2) is 0 Å². The fourth-order valence-corrected chi connectivity index (χ4v) is 1.63. The van der Waals surface area contributed by atoms with Crippen LogP contribution in [0, 0.1) is 0 Å². The van der Waals surface area contributed by atoms with Crippen molar-refractivity contribution in [3.8, 4) is 0 Å². The number of aldehydes is 1. The van der Waals surface area contributed by atoms with E-state index in [0.29, 0.717) is 0 Å². The summed E-state index contributed by atoms with van der Waals surface area (Å²) in [6, 6.07) is 9.10. The van der Waals surface area contributed by atoms with Gasteiger partial charge in [0.2, 0.25) is 0 Å². The maximum Gasteiger partial charge on any atom is 0.150 e. The van der Waals surface area contributed by atoms with Gasteiger partial charge < -0.3 is 0 Å². The lowest BCUT2D eigenvalue weighted by atomic mass is 10.2. The average molecular weight is 214 g/mol. The van der Waals surface area contributed by atoms with Crippen LogP contribution in [0.2, 0.25) is 0 Å². The van der Waals surface area contributed by atoms with Crippen LogP contribution in [0.1, 0.15) is 37.6 Å². The molecule has 1 aliphatic carbocycles. The molecule has 0 aromatic heterocycles. The molecule has 0 spiro atoms. The fourth-order valence-electron chi connectivity index (χ4n) is 1.63. The Morgan fingerprint density at radius 1 is 1.06 bits per heavy atom. The van der Waals surface area contributed by atoms with Crippen molar-refractivity contribution in [2.24, 2.45) is 0 Å². The van der Waals surface area contributed by atoms with E-state index >= 15 is 0 Å². The summed E-state index contributed by atoms with van der Waals surface area (Å²) < 4.78 is 0. The van der Waals surface area contributed by atoms with Crippen LogP contribution in [0.3, 0.4) is 0 Å². The van der Waals surface area contributed by atoms with Gasteiger partial charge in [-0.2, -0.15) is 0 Å². The van der Waals surface area contributed by atoms with Crippen LogP contribution >= 0.6 is 0 Å². The molecular weight excluding hydrogens is 196 g/mol. The molecule has 16 heavy (non-hydrogen) atoms. The zero-order valence-electron chi connectivity index (χ0n) is 10.2. The third-order valence-corrected chi connectivity index (χ3v) is 2.62. The van der Waals surface area contributed by atoms with E-state index in [4.69, 9.17) is 0 Å². The van der Waals surface area contributed by atoms with Gasteiger partial charge >= 0.3 is 0 Å². The van der Waals surface area contributed by atoms with Gasteiger partial charge in [-0.05, 0) is 27.2 Å². The van der Waals surface area contributed by atoms with Crippen LogP contribution in [0.25, 0.3) is 0 Å². The summed E-state index contributed by atoms with van der Waals surface area (Å²) in [5.41, 5.74) is 5.22. The largest absolute Gasteiger partial charge is 0.298 e. The van der Waals surface area contributed by atoms with E-state index in [0.717, 1.165) is 11.8 Å². The molecule has 0 N–H and O–H groups in total. The summed E-state index contributed by atoms with van der Waals surface area (Å²) in [6.45, 7) is 6.55. The number of carbonyl (C=O) groups is 1. The number of benzene rings is 1. The standard InChI is InChI=1S/C8H12.C7H6O/c1-6-4-7(2)8(3)5-6;8-6-7-4-2-1-3-5-7/h4H,5H2,1-3H3;1-6H. The lowest BCUT2D eigenvalue weighted by Gasteiger charge is -1.90. The van der Waals surface area contributed by atoms with Gasteiger partial charge in [0.25, 0.3) is 0 Å². The Hall–Kier alpha value is -1.63. The predicted octanol–water partition coefficient (Wildman–Crippen LogP) is 4.17. The predicted molar refractivity (Wildman–Crippen MR) is 68.6 cm³/mol. The Morgan fingerprint density at radius 3 is 1.94 bits per heavy atom. The first kappa shape index (κ1) is 12.4. The second-order valence-electron chi connectivity index (χ2n) is 4.16. The molecule has 1 aliphatic rings. The zero-order chi connectivity index (χ0) is 12.0. The Bertz CT molecular complexity index is 410. The molecule has 1 aromatic carbocycles. The Kier molecular flexibility index (Phi) is 4.71. The van der Waals surface area contributed by atoms with Gasteiger partial charge in [0.1, 0.15) is 6.29 Å². The van der Waals surface area contributed by atoms with Crippen molar-refractivity contribution in [1.29, 1.82) is 0 Å². The van der Waals surface area contributed by atoms with E-state index < -0.39 is 0 Å². The van der Waals surface area contributed by atoms with Crippen molar-refractivity contribution in [3.05, 3.63) is 58.7 Å². The summed E-state index contributed by atoms with van der Waals surface area (Å²) in [6.07, 6.45) is 4.29. The van der Waals surface area contributed by atoms with E-state index in [1.807, 2.05) is 18.2 Å². The monoisotopic (exact) mass is 214 g/mol. The highest BCUT2D eigenvalue weighted by Crippen LogP contribution is 2.23. The summed E-state index contributed by atoms with van der Waals surface area (Å²) in [5, 5.41) is 0. The topological polar surface area (TPSA) is 17.1 Å². The lowest BCUT2D eigenvalue weighted by molar-refractivity contribution is 0.112. The highest BCUT2D eigenvalue weighted by Gasteiger charge is 2.02. The summed E-state index contributed by atoms with van der Waals surface area (Å²) in [4.78, 5) is 10.0. The van der Waals surface area contributed by atoms with Crippen molar-refractivity contribution in [1.82, 2.24) is 0 Å². The molecule has 0 heterocycles. The SMILES string of the molecule is CC1=CC(C)=C(C)C1.O=Cc1ccccc1. The normalized spacial score (nSPS) is 14.1. The number of rotatable bonds is 1. The Labute approximate surface area is 97.5 Å². The molecule has 0 atom stereocenters. The molecular formula is C15H18O. The quantitative estimate of drug-likeness (QED) is 0.641. The number of hydrogen-bond acceptors (Lipinski definition) is 1. The summed E-state index contributed by atoms with van der Waals surface area (Å²) in [7, 11) is 0. The maximum absolute atomic E-state index is 10.0. The molecule has 0 radical (unpaired) electrons. The maximum atomic E-state index is 10.0. The van der Waals surface area contributed by atoms with Crippen LogP contribution in [0.4, 0.5) is 0 Å². The van der Waals surface area contributed by atoms with E-state index in [1.54, 1.807) is 12.1 Å². The number of carbonyl (C=O) groups excluding carboxylic acids is 1. The first-order valence-electron chi connectivity index (χ1n) is 5.47. The highest BCUT2D eigenvalue weighted by atomic mass is 16.1. The van der Waals surface area contributed by atoms with Crippen molar-refractivity contribution in [3.63, 3.8) is 0 Å².